The first-order valence-electron chi connectivity index (χ1n) is 7.86. The minimum Gasteiger partial charge on any atom is -0.383 e. The van der Waals surface area contributed by atoms with Gasteiger partial charge in [0.05, 0.1) is 12.7 Å². The molecule has 0 aliphatic carbocycles. The van der Waals surface area contributed by atoms with Crippen molar-refractivity contribution in [3.8, 4) is 0 Å². The molecule has 1 aliphatic heterocycles. The van der Waals surface area contributed by atoms with E-state index in [4.69, 9.17) is 9.47 Å². The van der Waals surface area contributed by atoms with Crippen LogP contribution in [0.3, 0.4) is 0 Å². The van der Waals surface area contributed by atoms with Crippen LogP contribution in [-0.2, 0) is 9.47 Å². The molecule has 4 heteroatoms. The fraction of sp³-hybridized carbons (Fsp3) is 0.647. The molecule has 2 unspecified atom stereocenters. The van der Waals surface area contributed by atoms with E-state index in [9.17, 15) is 4.39 Å². The van der Waals surface area contributed by atoms with Crippen molar-refractivity contribution in [2.24, 2.45) is 0 Å². The Hall–Kier alpha value is -0.970. The average Bonchev–Trinajstić information content (AvgIpc) is 3.00. The van der Waals surface area contributed by atoms with Gasteiger partial charge in [-0.1, -0.05) is 12.1 Å². The first kappa shape index (κ1) is 16.4. The summed E-state index contributed by atoms with van der Waals surface area (Å²) in [5.41, 5.74) is 1.07. The molecule has 2 rings (SSSR count). The highest BCUT2D eigenvalue weighted by Crippen LogP contribution is 2.25. The molecule has 0 aromatic heterocycles. The number of hydrogen-bond donors (Lipinski definition) is 1. The Morgan fingerprint density at radius 2 is 2.38 bits per heavy atom. The topological polar surface area (TPSA) is 30.5 Å². The predicted molar refractivity (Wildman–Crippen MR) is 82.1 cm³/mol. The first-order chi connectivity index (χ1) is 10.3. The molecule has 1 N–H and O–H groups in total. The van der Waals surface area contributed by atoms with Crippen molar-refractivity contribution in [3.05, 3.63) is 35.6 Å². The highest BCUT2D eigenvalue weighted by atomic mass is 19.1. The molecule has 1 aromatic carbocycles. The van der Waals surface area contributed by atoms with Crippen LogP contribution in [0.2, 0.25) is 0 Å². The Balaban J connectivity index is 1.88. The van der Waals surface area contributed by atoms with Crippen LogP contribution in [0, 0.1) is 5.82 Å². The van der Waals surface area contributed by atoms with E-state index in [1.807, 2.05) is 6.07 Å². The van der Waals surface area contributed by atoms with Gasteiger partial charge in [0.25, 0.3) is 0 Å². The number of ether oxygens (including phenoxy) is 2. The molecule has 2 atom stereocenters. The zero-order valence-corrected chi connectivity index (χ0v) is 12.8. The summed E-state index contributed by atoms with van der Waals surface area (Å²) in [6.07, 6.45) is 4.79. The van der Waals surface area contributed by atoms with Gasteiger partial charge in [-0.25, -0.2) is 4.39 Å². The largest absolute Gasteiger partial charge is 0.383 e. The highest BCUT2D eigenvalue weighted by molar-refractivity contribution is 5.21. The van der Waals surface area contributed by atoms with E-state index >= 15 is 0 Å². The van der Waals surface area contributed by atoms with Crippen LogP contribution in [0.5, 0.6) is 0 Å². The van der Waals surface area contributed by atoms with E-state index < -0.39 is 0 Å². The summed E-state index contributed by atoms with van der Waals surface area (Å²) < 4.78 is 24.2. The van der Waals surface area contributed by atoms with Gasteiger partial charge < -0.3 is 14.8 Å². The molecule has 118 valence electrons. The Bertz CT molecular complexity index is 408. The van der Waals surface area contributed by atoms with E-state index in [2.05, 4.69) is 5.32 Å². The van der Waals surface area contributed by atoms with Gasteiger partial charge in [-0.2, -0.15) is 0 Å². The number of halogens is 1. The number of hydrogen-bond acceptors (Lipinski definition) is 3. The molecule has 1 fully saturated rings. The summed E-state index contributed by atoms with van der Waals surface area (Å²) in [6, 6.07) is 6.96. The molecule has 1 aliphatic rings. The Kier molecular flexibility index (Phi) is 7.13. The van der Waals surface area contributed by atoms with Gasteiger partial charge in [0.1, 0.15) is 5.82 Å². The van der Waals surface area contributed by atoms with Gasteiger partial charge in [0.2, 0.25) is 0 Å². The first-order valence-corrected chi connectivity index (χ1v) is 7.86. The number of benzene rings is 1. The van der Waals surface area contributed by atoms with E-state index in [1.165, 1.54) is 12.5 Å². The maximum atomic E-state index is 13.4. The minimum atomic E-state index is -0.161. The molecule has 1 heterocycles. The van der Waals surface area contributed by atoms with Gasteiger partial charge in [-0.15, -0.1) is 0 Å². The molecule has 0 bridgehead atoms. The second-order valence-electron chi connectivity index (χ2n) is 5.66. The van der Waals surface area contributed by atoms with Crippen molar-refractivity contribution in [1.82, 2.24) is 5.32 Å². The van der Waals surface area contributed by atoms with Crippen molar-refractivity contribution in [1.29, 1.82) is 0 Å². The van der Waals surface area contributed by atoms with Gasteiger partial charge in [0.15, 0.2) is 0 Å². The molecular formula is C17H26FNO2. The third kappa shape index (κ3) is 5.73. The van der Waals surface area contributed by atoms with Gasteiger partial charge in [0, 0.05) is 26.8 Å². The van der Waals surface area contributed by atoms with Gasteiger partial charge in [-0.05, 0) is 49.3 Å². The van der Waals surface area contributed by atoms with Gasteiger partial charge in [-0.3, -0.25) is 0 Å². The maximum Gasteiger partial charge on any atom is 0.123 e. The molecule has 0 saturated carbocycles. The lowest BCUT2D eigenvalue weighted by atomic mass is 9.92. The molecule has 3 nitrogen and oxygen atoms in total. The van der Waals surface area contributed by atoms with E-state index in [0.29, 0.717) is 18.6 Å². The molecule has 0 amide bonds. The Morgan fingerprint density at radius 3 is 3.10 bits per heavy atom. The number of methoxy groups -OCH3 is 1. The van der Waals surface area contributed by atoms with Crippen molar-refractivity contribution >= 4 is 0 Å². The highest BCUT2D eigenvalue weighted by Gasteiger charge is 2.19. The fourth-order valence-electron chi connectivity index (χ4n) is 2.86. The van der Waals surface area contributed by atoms with Crippen molar-refractivity contribution in [2.75, 3.05) is 33.4 Å². The molecule has 1 saturated heterocycles. The average molecular weight is 295 g/mol. The fourth-order valence-corrected chi connectivity index (χ4v) is 2.86. The maximum absolute atomic E-state index is 13.4. The zero-order valence-electron chi connectivity index (χ0n) is 12.8. The van der Waals surface area contributed by atoms with Crippen LogP contribution in [0.25, 0.3) is 0 Å². The number of rotatable bonds is 9. The molecule has 0 spiro atoms. The van der Waals surface area contributed by atoms with Crippen LogP contribution in [0.1, 0.15) is 37.2 Å². The number of nitrogens with one attached hydrogen (secondary N) is 1. The quantitative estimate of drug-likeness (QED) is 0.710. The van der Waals surface area contributed by atoms with E-state index in [0.717, 1.165) is 44.5 Å². The standard InChI is InChI=1S/C17H26FNO2/c1-20-11-9-19-13-15(7-8-17-6-3-10-21-17)14-4-2-5-16(18)12-14/h2,4-5,12,15,17,19H,3,6-11,13H2,1H3. The third-order valence-electron chi connectivity index (χ3n) is 4.05. The monoisotopic (exact) mass is 295 g/mol. The summed E-state index contributed by atoms with van der Waals surface area (Å²) in [5, 5.41) is 3.39. The van der Waals surface area contributed by atoms with E-state index in [1.54, 1.807) is 19.2 Å². The molecular weight excluding hydrogens is 269 g/mol. The summed E-state index contributed by atoms with van der Waals surface area (Å²) >= 11 is 0. The third-order valence-corrected chi connectivity index (χ3v) is 4.05. The minimum absolute atomic E-state index is 0.161. The van der Waals surface area contributed by atoms with E-state index in [-0.39, 0.29) is 5.82 Å². The SMILES string of the molecule is COCCNCC(CCC1CCCO1)c1cccc(F)c1. The lowest BCUT2D eigenvalue weighted by molar-refractivity contribution is 0.100. The van der Waals surface area contributed by atoms with Crippen LogP contribution >= 0.6 is 0 Å². The van der Waals surface area contributed by atoms with Crippen LogP contribution in [-0.4, -0.2) is 39.5 Å². The van der Waals surface area contributed by atoms with Crippen LogP contribution in [0.15, 0.2) is 24.3 Å². The predicted octanol–water partition coefficient (Wildman–Crippen LogP) is 3.10. The Labute approximate surface area is 126 Å². The lowest BCUT2D eigenvalue weighted by Gasteiger charge is -2.20. The second kappa shape index (κ2) is 9.13. The lowest BCUT2D eigenvalue weighted by Crippen LogP contribution is -2.26. The molecule has 21 heavy (non-hydrogen) atoms. The second-order valence-corrected chi connectivity index (χ2v) is 5.66. The van der Waals surface area contributed by atoms with Gasteiger partial charge >= 0.3 is 0 Å². The summed E-state index contributed by atoms with van der Waals surface area (Å²) in [5.74, 6) is 0.160. The molecule has 0 radical (unpaired) electrons. The normalized spacial score (nSPS) is 19.8. The molecule has 1 aromatic rings. The van der Waals surface area contributed by atoms with Crippen molar-refractivity contribution in [3.63, 3.8) is 0 Å². The Morgan fingerprint density at radius 1 is 1.48 bits per heavy atom. The zero-order chi connectivity index (χ0) is 14.9. The van der Waals surface area contributed by atoms with Crippen molar-refractivity contribution < 1.29 is 13.9 Å². The summed E-state index contributed by atoms with van der Waals surface area (Å²) in [6.45, 7) is 3.25. The van der Waals surface area contributed by atoms with Crippen LogP contribution < -0.4 is 5.32 Å². The summed E-state index contributed by atoms with van der Waals surface area (Å²) in [7, 11) is 1.70. The van der Waals surface area contributed by atoms with Crippen molar-refractivity contribution in [2.45, 2.75) is 37.7 Å². The summed E-state index contributed by atoms with van der Waals surface area (Å²) in [4.78, 5) is 0. The smallest absolute Gasteiger partial charge is 0.123 e. The van der Waals surface area contributed by atoms with Crippen LogP contribution in [0.4, 0.5) is 4.39 Å².